The number of carbonyl (C=O) groups excluding carboxylic acids is 1. The van der Waals surface area contributed by atoms with Crippen LogP contribution in [0, 0.1) is 0 Å². The fourth-order valence-corrected chi connectivity index (χ4v) is 1.44. The minimum atomic E-state index is -0.117. The zero-order valence-corrected chi connectivity index (χ0v) is 10.6. The van der Waals surface area contributed by atoms with Gasteiger partial charge in [-0.05, 0) is 38.5 Å². The van der Waals surface area contributed by atoms with Crippen LogP contribution in [0.1, 0.15) is 32.4 Å². The first-order chi connectivity index (χ1) is 7.99. The first-order valence-electron chi connectivity index (χ1n) is 5.75. The van der Waals surface area contributed by atoms with E-state index in [0.717, 1.165) is 5.56 Å². The maximum atomic E-state index is 11.5. The lowest BCUT2D eigenvalue weighted by Crippen LogP contribution is -2.31. The van der Waals surface area contributed by atoms with Crippen molar-refractivity contribution >= 4 is 11.6 Å². The first-order valence-corrected chi connectivity index (χ1v) is 5.75. The molecule has 1 unspecified atom stereocenters. The molecule has 0 saturated heterocycles. The van der Waals surface area contributed by atoms with Crippen molar-refractivity contribution in [3.8, 4) is 0 Å². The molecule has 0 fully saturated rings. The van der Waals surface area contributed by atoms with Crippen molar-refractivity contribution in [2.75, 3.05) is 12.3 Å². The Morgan fingerprint density at radius 2 is 2.12 bits per heavy atom. The summed E-state index contributed by atoms with van der Waals surface area (Å²) in [5.74, 6) is -0.117. The molecule has 3 N–H and O–H groups in total. The molecule has 0 aliphatic carbocycles. The van der Waals surface area contributed by atoms with Crippen LogP contribution in [0.15, 0.2) is 24.3 Å². The van der Waals surface area contributed by atoms with Gasteiger partial charge in [-0.25, -0.2) is 0 Å². The summed E-state index contributed by atoms with van der Waals surface area (Å²) >= 11 is 0. The summed E-state index contributed by atoms with van der Waals surface area (Å²) in [4.78, 5) is 11.5. The van der Waals surface area contributed by atoms with Crippen LogP contribution in [0.3, 0.4) is 0 Å². The molecule has 0 heterocycles. The lowest BCUT2D eigenvalue weighted by molar-refractivity contribution is -0.127. The molecule has 4 heteroatoms. The van der Waals surface area contributed by atoms with Gasteiger partial charge < -0.3 is 15.8 Å². The van der Waals surface area contributed by atoms with E-state index in [2.05, 4.69) is 5.32 Å². The summed E-state index contributed by atoms with van der Waals surface area (Å²) in [6.07, 6.45) is 0.0587. The van der Waals surface area contributed by atoms with Gasteiger partial charge in [0.15, 0.2) is 0 Å². The molecule has 0 saturated carbocycles. The zero-order valence-electron chi connectivity index (χ0n) is 10.6. The SMILES string of the molecule is CC(C)OCC(=O)NC(C)c1cccc(N)c1. The lowest BCUT2D eigenvalue weighted by atomic mass is 10.1. The maximum Gasteiger partial charge on any atom is 0.246 e. The van der Waals surface area contributed by atoms with E-state index in [1.807, 2.05) is 45.0 Å². The van der Waals surface area contributed by atoms with Crippen LogP contribution >= 0.6 is 0 Å². The van der Waals surface area contributed by atoms with E-state index < -0.39 is 0 Å². The summed E-state index contributed by atoms with van der Waals surface area (Å²) in [5.41, 5.74) is 7.37. The average molecular weight is 236 g/mol. The summed E-state index contributed by atoms with van der Waals surface area (Å²) in [6.45, 7) is 5.80. The Morgan fingerprint density at radius 3 is 2.71 bits per heavy atom. The Hall–Kier alpha value is -1.55. The van der Waals surface area contributed by atoms with Gasteiger partial charge in [-0.3, -0.25) is 4.79 Å². The van der Waals surface area contributed by atoms with Crippen molar-refractivity contribution in [3.63, 3.8) is 0 Å². The number of hydrogen-bond acceptors (Lipinski definition) is 3. The van der Waals surface area contributed by atoms with Gasteiger partial charge in [0.1, 0.15) is 6.61 Å². The van der Waals surface area contributed by atoms with E-state index in [4.69, 9.17) is 10.5 Å². The highest BCUT2D eigenvalue weighted by Crippen LogP contribution is 2.14. The van der Waals surface area contributed by atoms with E-state index in [1.54, 1.807) is 0 Å². The van der Waals surface area contributed by atoms with Crippen LogP contribution in [-0.2, 0) is 9.53 Å². The molecule has 4 nitrogen and oxygen atoms in total. The van der Waals surface area contributed by atoms with Gasteiger partial charge in [-0.15, -0.1) is 0 Å². The third-order valence-corrected chi connectivity index (χ3v) is 2.34. The number of nitrogens with two attached hydrogens (primary N) is 1. The fraction of sp³-hybridized carbons (Fsp3) is 0.462. The van der Waals surface area contributed by atoms with Gasteiger partial charge in [0, 0.05) is 5.69 Å². The fourth-order valence-electron chi connectivity index (χ4n) is 1.44. The number of nitrogen functional groups attached to an aromatic ring is 1. The quantitative estimate of drug-likeness (QED) is 0.767. The molecule has 17 heavy (non-hydrogen) atoms. The Morgan fingerprint density at radius 1 is 1.41 bits per heavy atom. The number of anilines is 1. The van der Waals surface area contributed by atoms with Crippen LogP contribution in [0.5, 0.6) is 0 Å². The molecule has 0 bridgehead atoms. The lowest BCUT2D eigenvalue weighted by Gasteiger charge is -2.15. The number of ether oxygens (including phenoxy) is 1. The summed E-state index contributed by atoms with van der Waals surface area (Å²) in [5, 5.41) is 2.86. The second-order valence-electron chi connectivity index (χ2n) is 4.32. The van der Waals surface area contributed by atoms with Crippen molar-refractivity contribution in [2.45, 2.75) is 32.9 Å². The summed E-state index contributed by atoms with van der Waals surface area (Å²) in [6, 6.07) is 7.42. The number of nitrogens with one attached hydrogen (secondary N) is 1. The Kier molecular flexibility index (Phi) is 4.97. The third-order valence-electron chi connectivity index (χ3n) is 2.34. The largest absolute Gasteiger partial charge is 0.399 e. The Labute approximate surface area is 102 Å². The maximum absolute atomic E-state index is 11.5. The van der Waals surface area contributed by atoms with Crippen LogP contribution < -0.4 is 11.1 Å². The van der Waals surface area contributed by atoms with Crippen molar-refractivity contribution in [1.29, 1.82) is 0 Å². The molecule has 1 aromatic rings. The van der Waals surface area contributed by atoms with Gasteiger partial charge in [0.25, 0.3) is 0 Å². The number of rotatable bonds is 5. The molecule has 0 aliphatic rings. The molecule has 1 rings (SSSR count). The topological polar surface area (TPSA) is 64.3 Å². The van der Waals surface area contributed by atoms with E-state index in [-0.39, 0.29) is 24.7 Å². The first kappa shape index (κ1) is 13.5. The Bertz CT molecular complexity index is 377. The molecule has 94 valence electrons. The third kappa shape index (κ3) is 4.87. The highest BCUT2D eigenvalue weighted by Gasteiger charge is 2.10. The molecular weight excluding hydrogens is 216 g/mol. The van der Waals surface area contributed by atoms with Gasteiger partial charge in [0.05, 0.1) is 12.1 Å². The van der Waals surface area contributed by atoms with Crippen LogP contribution in [0.4, 0.5) is 5.69 Å². The van der Waals surface area contributed by atoms with E-state index in [9.17, 15) is 4.79 Å². The normalized spacial score (nSPS) is 12.5. The standard InChI is InChI=1S/C13H20N2O2/c1-9(2)17-8-13(16)15-10(3)11-5-4-6-12(14)7-11/h4-7,9-10H,8,14H2,1-3H3,(H,15,16). The molecule has 1 amide bonds. The van der Waals surface area contributed by atoms with E-state index in [0.29, 0.717) is 5.69 Å². The molecule has 0 aromatic heterocycles. The minimum Gasteiger partial charge on any atom is -0.399 e. The van der Waals surface area contributed by atoms with Crippen molar-refractivity contribution in [1.82, 2.24) is 5.32 Å². The monoisotopic (exact) mass is 236 g/mol. The smallest absolute Gasteiger partial charge is 0.246 e. The average Bonchev–Trinajstić information content (AvgIpc) is 2.26. The van der Waals surface area contributed by atoms with Crippen molar-refractivity contribution in [2.24, 2.45) is 0 Å². The number of hydrogen-bond donors (Lipinski definition) is 2. The molecular formula is C13H20N2O2. The highest BCUT2D eigenvalue weighted by molar-refractivity contribution is 5.77. The second kappa shape index (κ2) is 6.25. The van der Waals surface area contributed by atoms with Crippen molar-refractivity contribution < 1.29 is 9.53 Å². The van der Waals surface area contributed by atoms with Gasteiger partial charge >= 0.3 is 0 Å². The van der Waals surface area contributed by atoms with Crippen LogP contribution in [-0.4, -0.2) is 18.6 Å². The second-order valence-corrected chi connectivity index (χ2v) is 4.32. The Balaban J connectivity index is 2.48. The van der Waals surface area contributed by atoms with Crippen molar-refractivity contribution in [3.05, 3.63) is 29.8 Å². The number of amides is 1. The molecule has 1 aromatic carbocycles. The van der Waals surface area contributed by atoms with E-state index in [1.165, 1.54) is 0 Å². The molecule has 0 aliphatic heterocycles. The van der Waals surface area contributed by atoms with Crippen LogP contribution in [0.25, 0.3) is 0 Å². The van der Waals surface area contributed by atoms with Gasteiger partial charge in [-0.2, -0.15) is 0 Å². The number of benzene rings is 1. The predicted octanol–water partition coefficient (Wildman–Crippen LogP) is 1.87. The van der Waals surface area contributed by atoms with E-state index >= 15 is 0 Å². The highest BCUT2D eigenvalue weighted by atomic mass is 16.5. The predicted molar refractivity (Wildman–Crippen MR) is 68.5 cm³/mol. The van der Waals surface area contributed by atoms with Gasteiger partial charge in [-0.1, -0.05) is 12.1 Å². The minimum absolute atomic E-state index is 0.0587. The summed E-state index contributed by atoms with van der Waals surface area (Å²) < 4.78 is 5.23. The summed E-state index contributed by atoms with van der Waals surface area (Å²) in [7, 11) is 0. The molecule has 1 atom stereocenters. The number of carbonyl (C=O) groups is 1. The molecule has 0 spiro atoms. The zero-order chi connectivity index (χ0) is 12.8. The van der Waals surface area contributed by atoms with Crippen LogP contribution in [0.2, 0.25) is 0 Å². The van der Waals surface area contributed by atoms with Gasteiger partial charge in [0.2, 0.25) is 5.91 Å². The molecule has 0 radical (unpaired) electrons.